The van der Waals surface area contributed by atoms with Crippen molar-refractivity contribution >= 4 is 40.5 Å². The molecule has 0 spiro atoms. The van der Waals surface area contributed by atoms with Gasteiger partial charge in [-0.3, -0.25) is 4.79 Å². The number of amides is 1. The molecule has 2 aromatic rings. The van der Waals surface area contributed by atoms with Crippen molar-refractivity contribution in [2.24, 2.45) is 0 Å². The molecule has 4 nitrogen and oxygen atoms in total. The first-order valence-corrected chi connectivity index (χ1v) is 7.54. The summed E-state index contributed by atoms with van der Waals surface area (Å²) in [7, 11) is 0. The van der Waals surface area contributed by atoms with E-state index < -0.39 is 12.1 Å². The third kappa shape index (κ3) is 4.06. The summed E-state index contributed by atoms with van der Waals surface area (Å²) in [6, 6.07) is 8.53. The van der Waals surface area contributed by atoms with Crippen molar-refractivity contribution in [2.45, 2.75) is 20.0 Å². The summed E-state index contributed by atoms with van der Waals surface area (Å²) < 4.78 is 5.17. The minimum absolute atomic E-state index is 0.389. The van der Waals surface area contributed by atoms with Crippen LogP contribution in [-0.2, 0) is 9.53 Å². The van der Waals surface area contributed by atoms with Crippen molar-refractivity contribution in [1.82, 2.24) is 0 Å². The van der Waals surface area contributed by atoms with Crippen molar-refractivity contribution in [3.63, 3.8) is 0 Å². The van der Waals surface area contributed by atoms with Gasteiger partial charge >= 0.3 is 5.97 Å². The highest BCUT2D eigenvalue weighted by Crippen LogP contribution is 2.18. The van der Waals surface area contributed by atoms with Crippen LogP contribution in [0.1, 0.15) is 22.2 Å². The standard InChI is InChI=1S/C15H14ClNO3S/c1-9-7-8-21-13(9)15(19)20-10(2)14(18)17-12-5-3-11(16)4-6-12/h3-8,10H,1-2H3,(H,17,18)/t10-/m1/s1. The van der Waals surface area contributed by atoms with Crippen LogP contribution in [0.15, 0.2) is 35.7 Å². The second kappa shape index (κ2) is 6.74. The van der Waals surface area contributed by atoms with E-state index in [4.69, 9.17) is 16.3 Å². The normalized spacial score (nSPS) is 11.8. The fraction of sp³-hybridized carbons (Fsp3) is 0.200. The van der Waals surface area contributed by atoms with E-state index in [9.17, 15) is 9.59 Å². The lowest BCUT2D eigenvalue weighted by Crippen LogP contribution is -2.29. The Balaban J connectivity index is 1.95. The third-order valence-corrected chi connectivity index (χ3v) is 4.06. The fourth-order valence-corrected chi connectivity index (χ4v) is 2.56. The number of ether oxygens (including phenoxy) is 1. The SMILES string of the molecule is Cc1ccsc1C(=O)O[C@H](C)C(=O)Nc1ccc(Cl)cc1. The van der Waals surface area contributed by atoms with E-state index >= 15 is 0 Å². The second-order valence-corrected chi connectivity index (χ2v) is 5.83. The zero-order valence-corrected chi connectivity index (χ0v) is 13.1. The lowest BCUT2D eigenvalue weighted by molar-refractivity contribution is -0.123. The second-order valence-electron chi connectivity index (χ2n) is 4.48. The molecule has 21 heavy (non-hydrogen) atoms. The average Bonchev–Trinajstić information content (AvgIpc) is 2.87. The first-order valence-electron chi connectivity index (χ1n) is 6.29. The molecule has 110 valence electrons. The summed E-state index contributed by atoms with van der Waals surface area (Å²) >= 11 is 7.07. The van der Waals surface area contributed by atoms with Crippen molar-refractivity contribution in [1.29, 1.82) is 0 Å². The molecular weight excluding hydrogens is 310 g/mol. The summed E-state index contributed by atoms with van der Waals surface area (Å²) in [5.74, 6) is -0.874. The molecule has 1 amide bonds. The van der Waals surface area contributed by atoms with Gasteiger partial charge in [-0.25, -0.2) is 4.79 Å². The summed E-state index contributed by atoms with van der Waals surface area (Å²) in [6.45, 7) is 3.36. The van der Waals surface area contributed by atoms with Crippen LogP contribution in [0, 0.1) is 6.92 Å². The predicted molar refractivity (Wildman–Crippen MR) is 84.0 cm³/mol. The smallest absolute Gasteiger partial charge is 0.349 e. The monoisotopic (exact) mass is 323 g/mol. The Morgan fingerprint density at radius 2 is 1.90 bits per heavy atom. The van der Waals surface area contributed by atoms with E-state index in [0.29, 0.717) is 15.6 Å². The number of benzene rings is 1. The topological polar surface area (TPSA) is 55.4 Å². The Morgan fingerprint density at radius 3 is 2.48 bits per heavy atom. The minimum atomic E-state index is -0.880. The summed E-state index contributed by atoms with van der Waals surface area (Å²) in [4.78, 5) is 24.4. The Bertz CT molecular complexity index is 651. The predicted octanol–water partition coefficient (Wildman–Crippen LogP) is 3.89. The number of aryl methyl sites for hydroxylation is 1. The van der Waals surface area contributed by atoms with Crippen LogP contribution in [0.25, 0.3) is 0 Å². The number of carbonyl (C=O) groups is 2. The molecule has 0 unspecified atom stereocenters. The number of nitrogens with one attached hydrogen (secondary N) is 1. The van der Waals surface area contributed by atoms with Crippen LogP contribution in [0.4, 0.5) is 5.69 Å². The first kappa shape index (κ1) is 15.5. The molecule has 0 radical (unpaired) electrons. The lowest BCUT2D eigenvalue weighted by Gasteiger charge is -2.13. The summed E-state index contributed by atoms with van der Waals surface area (Å²) in [5, 5.41) is 5.06. The number of halogens is 1. The number of hydrogen-bond donors (Lipinski definition) is 1. The third-order valence-electron chi connectivity index (χ3n) is 2.81. The molecule has 1 heterocycles. The largest absolute Gasteiger partial charge is 0.448 e. The molecule has 0 fully saturated rings. The van der Waals surface area contributed by atoms with Crippen LogP contribution in [-0.4, -0.2) is 18.0 Å². The molecule has 0 aliphatic heterocycles. The maximum atomic E-state index is 12.0. The maximum Gasteiger partial charge on any atom is 0.349 e. The molecule has 0 aliphatic carbocycles. The average molecular weight is 324 g/mol. The van der Waals surface area contributed by atoms with Gasteiger partial charge in [0.05, 0.1) is 0 Å². The van der Waals surface area contributed by atoms with Crippen molar-refractivity contribution in [2.75, 3.05) is 5.32 Å². The Kier molecular flexibility index (Phi) is 4.98. The van der Waals surface area contributed by atoms with E-state index in [-0.39, 0.29) is 5.91 Å². The van der Waals surface area contributed by atoms with Crippen LogP contribution in [0.3, 0.4) is 0 Å². The number of esters is 1. The molecule has 1 aromatic heterocycles. The van der Waals surface area contributed by atoms with E-state index in [1.54, 1.807) is 24.3 Å². The molecule has 1 N–H and O–H groups in total. The van der Waals surface area contributed by atoms with Gasteiger partial charge in [0.25, 0.3) is 5.91 Å². The van der Waals surface area contributed by atoms with Gasteiger partial charge in [-0.1, -0.05) is 11.6 Å². The molecule has 1 atom stereocenters. The molecule has 2 rings (SSSR count). The molecule has 1 aromatic carbocycles. The van der Waals surface area contributed by atoms with Crippen molar-refractivity contribution in [3.05, 3.63) is 51.2 Å². The van der Waals surface area contributed by atoms with Crippen LogP contribution >= 0.6 is 22.9 Å². The number of hydrogen-bond acceptors (Lipinski definition) is 4. The van der Waals surface area contributed by atoms with Gasteiger partial charge in [0, 0.05) is 10.7 Å². The fourth-order valence-electron chi connectivity index (χ4n) is 1.63. The molecule has 0 saturated heterocycles. The molecular formula is C15H14ClNO3S. The van der Waals surface area contributed by atoms with Crippen LogP contribution in [0.2, 0.25) is 5.02 Å². The Labute approximate surface area is 131 Å². The highest BCUT2D eigenvalue weighted by molar-refractivity contribution is 7.12. The highest BCUT2D eigenvalue weighted by atomic mass is 35.5. The Hall–Kier alpha value is -1.85. The van der Waals surface area contributed by atoms with Crippen LogP contribution in [0.5, 0.6) is 0 Å². The van der Waals surface area contributed by atoms with E-state index in [1.807, 2.05) is 18.4 Å². The molecule has 6 heteroatoms. The van der Waals surface area contributed by atoms with E-state index in [0.717, 1.165) is 5.56 Å². The first-order chi connectivity index (χ1) is 9.97. The van der Waals surface area contributed by atoms with Crippen molar-refractivity contribution < 1.29 is 14.3 Å². The Morgan fingerprint density at radius 1 is 1.24 bits per heavy atom. The number of rotatable bonds is 4. The van der Waals surface area contributed by atoms with E-state index in [2.05, 4.69) is 5.32 Å². The highest BCUT2D eigenvalue weighted by Gasteiger charge is 2.20. The van der Waals surface area contributed by atoms with Gasteiger partial charge in [0.2, 0.25) is 0 Å². The van der Waals surface area contributed by atoms with E-state index in [1.165, 1.54) is 18.3 Å². The zero-order chi connectivity index (χ0) is 15.4. The summed E-state index contributed by atoms with van der Waals surface area (Å²) in [6.07, 6.45) is -0.880. The van der Waals surface area contributed by atoms with Gasteiger partial charge in [-0.2, -0.15) is 0 Å². The maximum absolute atomic E-state index is 12.0. The van der Waals surface area contributed by atoms with Crippen LogP contribution < -0.4 is 5.32 Å². The molecule has 0 aliphatic rings. The number of carbonyl (C=O) groups excluding carboxylic acids is 2. The van der Waals surface area contributed by atoms with Gasteiger partial charge in [-0.15, -0.1) is 11.3 Å². The number of anilines is 1. The minimum Gasteiger partial charge on any atom is -0.448 e. The quantitative estimate of drug-likeness (QED) is 0.868. The molecule has 0 bridgehead atoms. The van der Waals surface area contributed by atoms with Gasteiger partial charge in [0.15, 0.2) is 6.10 Å². The number of thiophene rings is 1. The van der Waals surface area contributed by atoms with Gasteiger partial charge in [0.1, 0.15) is 4.88 Å². The van der Waals surface area contributed by atoms with Crippen molar-refractivity contribution in [3.8, 4) is 0 Å². The zero-order valence-electron chi connectivity index (χ0n) is 11.6. The molecule has 0 saturated carbocycles. The lowest BCUT2D eigenvalue weighted by atomic mass is 10.3. The van der Waals surface area contributed by atoms with Gasteiger partial charge < -0.3 is 10.1 Å². The van der Waals surface area contributed by atoms with Gasteiger partial charge in [-0.05, 0) is 55.1 Å². The summed E-state index contributed by atoms with van der Waals surface area (Å²) in [5.41, 5.74) is 1.44.